The first kappa shape index (κ1) is 30.4. The highest BCUT2D eigenvalue weighted by molar-refractivity contribution is 9.10. The Kier molecular flexibility index (Phi) is 10.3. The lowest BCUT2D eigenvalue weighted by atomic mass is 10.1. The van der Waals surface area contributed by atoms with Crippen molar-refractivity contribution in [3.05, 3.63) is 94.0 Å². The van der Waals surface area contributed by atoms with Crippen molar-refractivity contribution in [1.29, 1.82) is 0 Å². The monoisotopic (exact) mass is 613 g/mol. The molecule has 0 fully saturated rings. The van der Waals surface area contributed by atoms with Crippen LogP contribution in [0, 0.1) is 13.8 Å². The average molecular weight is 615 g/mol. The highest BCUT2D eigenvalue weighted by Gasteiger charge is 2.33. The zero-order valence-electron chi connectivity index (χ0n) is 23.0. The summed E-state index contributed by atoms with van der Waals surface area (Å²) in [4.78, 5) is 28.6. The number of hydrogen-bond donors (Lipinski definition) is 1. The van der Waals surface area contributed by atoms with Crippen LogP contribution in [-0.4, -0.2) is 43.8 Å². The maximum atomic E-state index is 14.0. The summed E-state index contributed by atoms with van der Waals surface area (Å²) in [5.41, 5.74) is 2.94. The van der Waals surface area contributed by atoms with Gasteiger partial charge in [0.05, 0.1) is 10.6 Å². The van der Waals surface area contributed by atoms with Crippen LogP contribution in [0.4, 0.5) is 5.69 Å². The number of carbonyl (C=O) groups excluding carboxylic acids is 2. The normalized spacial score (nSPS) is 12.9. The molecule has 2 atom stereocenters. The fourth-order valence-corrected chi connectivity index (χ4v) is 5.92. The van der Waals surface area contributed by atoms with Crippen molar-refractivity contribution in [3.8, 4) is 0 Å². The lowest BCUT2D eigenvalue weighted by molar-refractivity contribution is -0.139. The van der Waals surface area contributed by atoms with E-state index in [-0.39, 0.29) is 23.4 Å². The fourth-order valence-electron chi connectivity index (χ4n) is 4.15. The van der Waals surface area contributed by atoms with E-state index in [4.69, 9.17) is 0 Å². The van der Waals surface area contributed by atoms with Gasteiger partial charge in [-0.3, -0.25) is 13.9 Å². The van der Waals surface area contributed by atoms with Crippen molar-refractivity contribution < 1.29 is 18.0 Å². The van der Waals surface area contributed by atoms with Crippen LogP contribution in [0.3, 0.4) is 0 Å². The van der Waals surface area contributed by atoms with Crippen LogP contribution in [0.2, 0.25) is 0 Å². The topological polar surface area (TPSA) is 86.8 Å². The molecule has 0 saturated carbocycles. The highest BCUT2D eigenvalue weighted by Crippen LogP contribution is 2.28. The molecule has 3 aromatic carbocycles. The van der Waals surface area contributed by atoms with Crippen molar-refractivity contribution in [3.63, 3.8) is 0 Å². The third-order valence-corrected chi connectivity index (χ3v) is 8.97. The van der Waals surface area contributed by atoms with E-state index in [0.717, 1.165) is 31.9 Å². The molecule has 0 bridgehead atoms. The van der Waals surface area contributed by atoms with Crippen molar-refractivity contribution in [2.45, 2.75) is 64.6 Å². The Bertz CT molecular complexity index is 1400. The summed E-state index contributed by atoms with van der Waals surface area (Å²) in [7, 11) is -4.09. The van der Waals surface area contributed by atoms with Gasteiger partial charge >= 0.3 is 0 Å². The number of aryl methyl sites for hydroxylation is 2. The molecule has 1 N–H and O–H groups in total. The molecular weight excluding hydrogens is 578 g/mol. The molecule has 0 saturated heterocycles. The summed E-state index contributed by atoms with van der Waals surface area (Å²) >= 11 is 3.42. The van der Waals surface area contributed by atoms with E-state index < -0.39 is 28.5 Å². The third-order valence-electron chi connectivity index (χ3n) is 6.67. The smallest absolute Gasteiger partial charge is 0.264 e. The van der Waals surface area contributed by atoms with Crippen molar-refractivity contribution in [2.75, 3.05) is 10.8 Å². The Labute approximate surface area is 240 Å². The van der Waals surface area contributed by atoms with Gasteiger partial charge in [0, 0.05) is 17.1 Å². The summed E-state index contributed by atoms with van der Waals surface area (Å²) in [6.45, 7) is 8.97. The van der Waals surface area contributed by atoms with E-state index >= 15 is 0 Å². The SMILES string of the molecule is CC[C@@H](C)NC(=O)[C@H](C)N(Cc1ccc(Br)cc1)C(=O)CN(c1ccc(C)cc1C)S(=O)(=O)c1ccccc1. The first-order valence-corrected chi connectivity index (χ1v) is 15.2. The van der Waals surface area contributed by atoms with Gasteiger partial charge in [-0.15, -0.1) is 0 Å². The number of rotatable bonds is 11. The maximum Gasteiger partial charge on any atom is 0.264 e. The predicted molar refractivity (Wildman–Crippen MR) is 159 cm³/mol. The number of carbonyl (C=O) groups is 2. The van der Waals surface area contributed by atoms with Crippen LogP contribution < -0.4 is 9.62 Å². The van der Waals surface area contributed by atoms with Gasteiger partial charge in [0.15, 0.2) is 0 Å². The molecule has 0 aliphatic rings. The molecule has 3 rings (SSSR count). The zero-order valence-corrected chi connectivity index (χ0v) is 25.4. The van der Waals surface area contributed by atoms with Gasteiger partial charge in [0.2, 0.25) is 11.8 Å². The van der Waals surface area contributed by atoms with Crippen LogP contribution in [0.25, 0.3) is 0 Å². The lowest BCUT2D eigenvalue weighted by Gasteiger charge is -2.33. The van der Waals surface area contributed by atoms with Gasteiger partial charge in [-0.05, 0) is 75.6 Å². The summed E-state index contributed by atoms with van der Waals surface area (Å²) < 4.78 is 29.8. The standard InChI is InChI=1S/C30H36BrN3O4S/c1-6-23(4)32-30(36)24(5)33(19-25-13-15-26(31)16-14-25)29(35)20-34(28-17-12-21(2)18-22(28)3)39(37,38)27-10-8-7-9-11-27/h7-18,23-24H,6,19-20H2,1-5H3,(H,32,36)/t23-,24+/m1/s1. The number of hydrogen-bond acceptors (Lipinski definition) is 4. The van der Waals surface area contributed by atoms with Gasteiger partial charge in [0.1, 0.15) is 12.6 Å². The molecule has 0 heterocycles. The largest absolute Gasteiger partial charge is 0.352 e. The molecule has 0 aromatic heterocycles. The van der Waals surface area contributed by atoms with Crippen LogP contribution in [0.5, 0.6) is 0 Å². The fraction of sp³-hybridized carbons (Fsp3) is 0.333. The maximum absolute atomic E-state index is 14.0. The minimum Gasteiger partial charge on any atom is -0.352 e. The van der Waals surface area contributed by atoms with Crippen LogP contribution in [0.1, 0.15) is 43.9 Å². The first-order chi connectivity index (χ1) is 18.4. The molecule has 2 amide bonds. The second-order valence-corrected chi connectivity index (χ2v) is 12.5. The van der Waals surface area contributed by atoms with Crippen LogP contribution >= 0.6 is 15.9 Å². The summed E-state index contributed by atoms with van der Waals surface area (Å²) in [5, 5.41) is 2.94. The second-order valence-electron chi connectivity index (χ2n) is 9.76. The molecule has 208 valence electrons. The third kappa shape index (κ3) is 7.70. The van der Waals surface area contributed by atoms with E-state index in [1.165, 1.54) is 17.0 Å². The number of nitrogens with zero attached hydrogens (tertiary/aromatic N) is 2. The van der Waals surface area contributed by atoms with E-state index in [1.54, 1.807) is 31.2 Å². The molecule has 0 aliphatic carbocycles. The molecule has 3 aromatic rings. The Morgan fingerprint density at radius 1 is 0.949 bits per heavy atom. The average Bonchev–Trinajstić information content (AvgIpc) is 2.91. The van der Waals surface area contributed by atoms with Gasteiger partial charge in [0.25, 0.3) is 10.0 Å². The van der Waals surface area contributed by atoms with Gasteiger partial charge in [-0.1, -0.05) is 70.9 Å². The molecule has 0 spiro atoms. The summed E-state index contributed by atoms with van der Waals surface area (Å²) in [6.07, 6.45) is 0.745. The van der Waals surface area contributed by atoms with E-state index in [9.17, 15) is 18.0 Å². The summed E-state index contributed by atoms with van der Waals surface area (Å²) in [6, 6.07) is 20.1. The number of sulfonamides is 1. The molecule has 0 aliphatic heterocycles. The van der Waals surface area contributed by atoms with Crippen molar-refractivity contribution >= 4 is 43.5 Å². The second kappa shape index (κ2) is 13.3. The minimum atomic E-state index is -4.09. The van der Waals surface area contributed by atoms with Crippen LogP contribution in [0.15, 0.2) is 82.2 Å². The highest BCUT2D eigenvalue weighted by atomic mass is 79.9. The van der Waals surface area contributed by atoms with Crippen molar-refractivity contribution in [1.82, 2.24) is 10.2 Å². The molecular formula is C30H36BrN3O4S. The van der Waals surface area contributed by atoms with Gasteiger partial charge < -0.3 is 10.2 Å². The molecule has 9 heteroatoms. The molecule has 0 unspecified atom stereocenters. The zero-order chi connectivity index (χ0) is 28.7. The Morgan fingerprint density at radius 3 is 2.18 bits per heavy atom. The number of halogens is 1. The van der Waals surface area contributed by atoms with Gasteiger partial charge in [-0.25, -0.2) is 8.42 Å². The summed E-state index contributed by atoms with van der Waals surface area (Å²) in [5.74, 6) is -0.775. The molecule has 39 heavy (non-hydrogen) atoms. The molecule has 7 nitrogen and oxygen atoms in total. The Balaban J connectivity index is 2.04. The van der Waals surface area contributed by atoms with Crippen molar-refractivity contribution in [2.24, 2.45) is 0 Å². The van der Waals surface area contributed by atoms with Crippen LogP contribution in [-0.2, 0) is 26.2 Å². The predicted octanol–water partition coefficient (Wildman–Crippen LogP) is 5.59. The number of amides is 2. The number of anilines is 1. The quantitative estimate of drug-likeness (QED) is 0.305. The first-order valence-electron chi connectivity index (χ1n) is 12.9. The Hall–Kier alpha value is -3.17. The lowest BCUT2D eigenvalue weighted by Crippen LogP contribution is -2.52. The minimum absolute atomic E-state index is 0.0604. The van der Waals surface area contributed by atoms with E-state index in [1.807, 2.05) is 64.1 Å². The number of benzene rings is 3. The number of nitrogens with one attached hydrogen (secondary N) is 1. The van der Waals surface area contributed by atoms with Gasteiger partial charge in [-0.2, -0.15) is 0 Å². The van der Waals surface area contributed by atoms with E-state index in [2.05, 4.69) is 21.2 Å². The van der Waals surface area contributed by atoms with E-state index in [0.29, 0.717) is 5.69 Å². The molecule has 0 radical (unpaired) electrons. The Morgan fingerprint density at radius 2 is 1.59 bits per heavy atom.